The molecule has 19 heteroatoms. The first-order valence-corrected chi connectivity index (χ1v) is 43.7. The van der Waals surface area contributed by atoms with Crippen molar-refractivity contribution in [2.24, 2.45) is 23.7 Å². The van der Waals surface area contributed by atoms with Crippen LogP contribution in [-0.2, 0) is 65.4 Å². The number of rotatable bonds is 76. The monoisotopic (exact) mass is 1440 g/mol. The van der Waals surface area contributed by atoms with Gasteiger partial charge in [-0.1, -0.05) is 351 Å². The lowest BCUT2D eigenvalue weighted by molar-refractivity contribution is -0.161. The van der Waals surface area contributed by atoms with Crippen molar-refractivity contribution in [3.05, 3.63) is 0 Å². The highest BCUT2D eigenvalue weighted by Crippen LogP contribution is 2.45. The quantitative estimate of drug-likeness (QED) is 0.0222. The highest BCUT2D eigenvalue weighted by atomic mass is 31.2. The maximum atomic E-state index is 13.1. The number of esters is 4. The number of aliphatic hydroxyl groups is 1. The minimum absolute atomic E-state index is 0.102. The van der Waals surface area contributed by atoms with Gasteiger partial charge >= 0.3 is 39.5 Å². The summed E-state index contributed by atoms with van der Waals surface area (Å²) in [4.78, 5) is 72.8. The minimum Gasteiger partial charge on any atom is -0.462 e. The molecule has 3 unspecified atom stereocenters. The van der Waals surface area contributed by atoms with Crippen molar-refractivity contribution in [2.45, 2.75) is 420 Å². The van der Waals surface area contributed by atoms with Crippen molar-refractivity contribution in [1.29, 1.82) is 0 Å². The summed E-state index contributed by atoms with van der Waals surface area (Å²) in [6.07, 6.45) is 54.5. The van der Waals surface area contributed by atoms with Crippen LogP contribution in [0.25, 0.3) is 0 Å². The van der Waals surface area contributed by atoms with E-state index in [1.54, 1.807) is 0 Å². The van der Waals surface area contributed by atoms with Gasteiger partial charge in [-0.25, -0.2) is 9.13 Å². The van der Waals surface area contributed by atoms with E-state index in [4.69, 9.17) is 37.0 Å². The first kappa shape index (κ1) is 96.1. The van der Waals surface area contributed by atoms with Gasteiger partial charge in [0.1, 0.15) is 19.3 Å². The average Bonchev–Trinajstić information content (AvgIpc) is 1.01. The molecule has 0 amide bonds. The number of hydrogen-bond acceptors (Lipinski definition) is 15. The Balaban J connectivity index is 5.18. The molecule has 3 N–H and O–H groups in total. The largest absolute Gasteiger partial charge is 0.472 e. The van der Waals surface area contributed by atoms with Crippen LogP contribution in [0.5, 0.6) is 0 Å². The number of unbranched alkanes of at least 4 members (excludes halogenated alkanes) is 41. The van der Waals surface area contributed by atoms with Crippen LogP contribution >= 0.6 is 15.6 Å². The zero-order chi connectivity index (χ0) is 72.4. The molecule has 0 aromatic carbocycles. The zero-order valence-electron chi connectivity index (χ0n) is 64.4. The van der Waals surface area contributed by atoms with E-state index in [1.165, 1.54) is 199 Å². The maximum absolute atomic E-state index is 13.1. The maximum Gasteiger partial charge on any atom is 0.472 e. The lowest BCUT2D eigenvalue weighted by Gasteiger charge is -2.21. The molecule has 17 nitrogen and oxygen atoms in total. The van der Waals surface area contributed by atoms with Gasteiger partial charge in [-0.3, -0.25) is 37.3 Å². The van der Waals surface area contributed by atoms with E-state index < -0.39 is 97.5 Å². The van der Waals surface area contributed by atoms with Crippen molar-refractivity contribution < 1.29 is 80.2 Å². The van der Waals surface area contributed by atoms with Crippen LogP contribution in [0.15, 0.2) is 0 Å². The molecule has 0 aliphatic carbocycles. The van der Waals surface area contributed by atoms with Crippen molar-refractivity contribution in [3.8, 4) is 0 Å². The number of phosphoric acid groups is 2. The molecule has 0 saturated carbocycles. The highest BCUT2D eigenvalue weighted by molar-refractivity contribution is 7.47. The van der Waals surface area contributed by atoms with Crippen LogP contribution in [0.3, 0.4) is 0 Å². The molecule has 0 bridgehead atoms. The lowest BCUT2D eigenvalue weighted by atomic mass is 9.99. The van der Waals surface area contributed by atoms with Gasteiger partial charge in [0.25, 0.3) is 0 Å². The summed E-state index contributed by atoms with van der Waals surface area (Å²) >= 11 is 0. The SMILES string of the molecule is CCC(C)CCCCCCCCCCCCCCCCC(=O)O[C@H](COC(=O)CCCCCCCCCCCCCCCCCCCCC(C)C)COP(=O)(O)OC[C@@H](O)COP(=O)(O)OC[C@@H](COC(=O)CCCCCCCCC(C)C)OC(=O)CCCCCCCCCC(C)C. The van der Waals surface area contributed by atoms with E-state index in [0.717, 1.165) is 108 Å². The third kappa shape index (κ3) is 71.1. The Morgan fingerprint density at radius 1 is 0.286 bits per heavy atom. The normalized spacial score (nSPS) is 14.3. The Hall–Kier alpha value is -1.94. The third-order valence-corrected chi connectivity index (χ3v) is 20.6. The number of carbonyl (C=O) groups is 4. The molecule has 0 rings (SSSR count). The fourth-order valence-electron chi connectivity index (χ4n) is 12.0. The van der Waals surface area contributed by atoms with E-state index in [9.17, 15) is 43.2 Å². The summed E-state index contributed by atoms with van der Waals surface area (Å²) in [6.45, 7) is 14.2. The summed E-state index contributed by atoms with van der Waals surface area (Å²) in [7, 11) is -9.91. The second kappa shape index (κ2) is 68.2. The predicted octanol–water partition coefficient (Wildman–Crippen LogP) is 23.2. The van der Waals surface area contributed by atoms with Crippen LogP contribution in [0.1, 0.15) is 402 Å². The molecule has 0 radical (unpaired) electrons. The van der Waals surface area contributed by atoms with Gasteiger partial charge in [-0.15, -0.1) is 0 Å². The highest BCUT2D eigenvalue weighted by Gasteiger charge is 2.30. The molecule has 0 spiro atoms. The van der Waals surface area contributed by atoms with E-state index in [1.807, 2.05) is 0 Å². The summed E-state index contributed by atoms with van der Waals surface area (Å²) in [6, 6.07) is 0. The number of phosphoric ester groups is 2. The molecule has 6 atom stereocenters. The molecule has 0 saturated heterocycles. The van der Waals surface area contributed by atoms with Gasteiger partial charge in [0.05, 0.1) is 26.4 Å². The van der Waals surface area contributed by atoms with Crippen molar-refractivity contribution in [3.63, 3.8) is 0 Å². The summed E-state index contributed by atoms with van der Waals surface area (Å²) in [5.74, 6) is 0.922. The van der Waals surface area contributed by atoms with Crippen LogP contribution in [0, 0.1) is 23.7 Å². The Morgan fingerprint density at radius 2 is 0.490 bits per heavy atom. The molecular formula is C79H154O17P2. The summed E-state index contributed by atoms with van der Waals surface area (Å²) in [5, 5.41) is 10.6. The first-order chi connectivity index (χ1) is 47.1. The van der Waals surface area contributed by atoms with Crippen LogP contribution < -0.4 is 0 Å². The fourth-order valence-corrected chi connectivity index (χ4v) is 13.6. The molecule has 0 aliphatic heterocycles. The smallest absolute Gasteiger partial charge is 0.462 e. The number of ether oxygens (including phenoxy) is 4. The van der Waals surface area contributed by atoms with E-state index in [0.29, 0.717) is 37.5 Å². The second-order valence-corrected chi connectivity index (χ2v) is 33.0. The molecule has 0 fully saturated rings. The van der Waals surface area contributed by atoms with Crippen molar-refractivity contribution in [2.75, 3.05) is 39.6 Å². The summed E-state index contributed by atoms with van der Waals surface area (Å²) in [5.41, 5.74) is 0. The topological polar surface area (TPSA) is 237 Å². The lowest BCUT2D eigenvalue weighted by Crippen LogP contribution is -2.30. The van der Waals surface area contributed by atoms with Gasteiger partial charge in [0.2, 0.25) is 0 Å². The van der Waals surface area contributed by atoms with E-state index in [2.05, 4.69) is 55.4 Å². The first-order valence-electron chi connectivity index (χ1n) is 40.7. The standard InChI is InChI=1S/C79H154O17P2/c1-9-72(8)58-50-42-33-27-23-19-16-17-21-25-29-35-45-53-61-78(83)95-74(65-89-76(81)59-51-43-34-28-24-20-15-13-11-10-12-14-18-22-26-31-39-47-55-69(2)3)67-93-97(85,86)91-63-73(80)64-92-98(87,88)94-68-75(66-90-77(82)60-52-44-38-37-41-49-57-71(6)7)96-79(84)62-54-46-36-30-32-40-48-56-70(4)5/h69-75,80H,9-68H2,1-8H3,(H,85,86)(H,87,88)/t72?,73-,74-,75-/m1/s1. The van der Waals surface area contributed by atoms with Gasteiger partial charge in [-0.05, 0) is 49.4 Å². The van der Waals surface area contributed by atoms with Gasteiger partial charge in [-0.2, -0.15) is 0 Å². The van der Waals surface area contributed by atoms with Gasteiger partial charge in [0, 0.05) is 25.7 Å². The summed E-state index contributed by atoms with van der Waals surface area (Å²) < 4.78 is 68.5. The number of aliphatic hydroxyl groups excluding tert-OH is 1. The van der Waals surface area contributed by atoms with Gasteiger partial charge in [0.15, 0.2) is 12.2 Å². The molecule has 0 heterocycles. The average molecular weight is 1440 g/mol. The van der Waals surface area contributed by atoms with Gasteiger partial charge < -0.3 is 33.8 Å². The third-order valence-electron chi connectivity index (χ3n) is 18.7. The van der Waals surface area contributed by atoms with Crippen LogP contribution in [0.4, 0.5) is 0 Å². The fraction of sp³-hybridized carbons (Fsp3) is 0.949. The van der Waals surface area contributed by atoms with Crippen LogP contribution in [0.2, 0.25) is 0 Å². The molecule has 582 valence electrons. The Kier molecular flexibility index (Phi) is 66.8. The Labute approximate surface area is 600 Å². The Bertz CT molecular complexity index is 1920. The van der Waals surface area contributed by atoms with E-state index >= 15 is 0 Å². The Morgan fingerprint density at radius 3 is 0.724 bits per heavy atom. The zero-order valence-corrected chi connectivity index (χ0v) is 66.2. The number of hydrogen-bond donors (Lipinski definition) is 3. The molecule has 0 aliphatic rings. The molecule has 0 aromatic heterocycles. The van der Waals surface area contributed by atoms with E-state index in [-0.39, 0.29) is 25.7 Å². The minimum atomic E-state index is -4.96. The van der Waals surface area contributed by atoms with Crippen LogP contribution in [-0.4, -0.2) is 96.7 Å². The molecular weight excluding hydrogens is 1280 g/mol. The van der Waals surface area contributed by atoms with Crippen molar-refractivity contribution in [1.82, 2.24) is 0 Å². The molecule has 98 heavy (non-hydrogen) atoms. The predicted molar refractivity (Wildman–Crippen MR) is 400 cm³/mol. The number of carbonyl (C=O) groups excluding carboxylic acids is 4. The molecule has 0 aromatic rings. The second-order valence-electron chi connectivity index (χ2n) is 30.1. The van der Waals surface area contributed by atoms with Crippen molar-refractivity contribution >= 4 is 39.5 Å².